The summed E-state index contributed by atoms with van der Waals surface area (Å²) in [6.45, 7) is 2.63. The first-order valence-corrected chi connectivity index (χ1v) is 6.03. The topological polar surface area (TPSA) is 68.4 Å². The van der Waals surface area contributed by atoms with Crippen molar-refractivity contribution < 1.29 is 8.83 Å². The second-order valence-electron chi connectivity index (χ2n) is 4.58. The number of rotatable bonds is 3. The first-order chi connectivity index (χ1) is 9.13. The third-order valence-corrected chi connectivity index (χ3v) is 3.10. The van der Waals surface area contributed by atoms with Gasteiger partial charge < -0.3 is 19.5 Å². The number of fused-ring (bicyclic) bond motifs is 1. The summed E-state index contributed by atoms with van der Waals surface area (Å²) < 4.78 is 11.0. The van der Waals surface area contributed by atoms with Crippen molar-refractivity contribution in [1.29, 1.82) is 0 Å². The van der Waals surface area contributed by atoms with E-state index in [1.807, 2.05) is 37.1 Å². The Morgan fingerprint density at radius 2 is 2.16 bits per heavy atom. The molecule has 0 bridgehead atoms. The molecule has 0 saturated carbocycles. The summed E-state index contributed by atoms with van der Waals surface area (Å²) in [7, 11) is 1.93. The summed E-state index contributed by atoms with van der Waals surface area (Å²) in [5.41, 5.74) is 9.02. The standard InChI is InChI=1S/C14H15N3O2/c1-9-10(5-6-18-9)8-17(2)14-16-12-4-3-11(15)7-13(12)19-14/h3-7H,8,15H2,1-2H3. The molecule has 3 aromatic rings. The molecule has 0 aliphatic heterocycles. The summed E-state index contributed by atoms with van der Waals surface area (Å²) in [6.07, 6.45) is 1.69. The molecule has 2 aromatic heterocycles. The number of hydrogen-bond donors (Lipinski definition) is 1. The average Bonchev–Trinajstić information content (AvgIpc) is 2.96. The van der Waals surface area contributed by atoms with Crippen LogP contribution in [0.2, 0.25) is 0 Å². The number of oxazole rings is 1. The molecule has 0 aliphatic carbocycles. The first-order valence-electron chi connectivity index (χ1n) is 6.03. The Morgan fingerprint density at radius 1 is 1.32 bits per heavy atom. The average molecular weight is 257 g/mol. The van der Waals surface area contributed by atoms with Crippen molar-refractivity contribution in [2.75, 3.05) is 17.7 Å². The van der Waals surface area contributed by atoms with Crippen molar-refractivity contribution >= 4 is 22.8 Å². The van der Waals surface area contributed by atoms with E-state index < -0.39 is 0 Å². The van der Waals surface area contributed by atoms with Gasteiger partial charge in [-0.3, -0.25) is 0 Å². The molecule has 0 unspecified atom stereocenters. The zero-order valence-electron chi connectivity index (χ0n) is 10.9. The SMILES string of the molecule is Cc1occc1CN(C)c1nc2ccc(N)cc2o1. The maximum atomic E-state index is 5.72. The fraction of sp³-hybridized carbons (Fsp3) is 0.214. The van der Waals surface area contributed by atoms with E-state index in [1.165, 1.54) is 0 Å². The van der Waals surface area contributed by atoms with Gasteiger partial charge in [0, 0.05) is 24.4 Å². The lowest BCUT2D eigenvalue weighted by Gasteiger charge is -2.13. The molecular formula is C14H15N3O2. The lowest BCUT2D eigenvalue weighted by Crippen LogP contribution is -2.16. The van der Waals surface area contributed by atoms with Crippen LogP contribution in [-0.2, 0) is 6.54 Å². The molecular weight excluding hydrogens is 242 g/mol. The van der Waals surface area contributed by atoms with E-state index in [9.17, 15) is 0 Å². The van der Waals surface area contributed by atoms with Gasteiger partial charge in [0.25, 0.3) is 6.01 Å². The van der Waals surface area contributed by atoms with Crippen molar-refractivity contribution in [3.63, 3.8) is 0 Å². The maximum absolute atomic E-state index is 5.72. The van der Waals surface area contributed by atoms with Crippen LogP contribution in [0.4, 0.5) is 11.7 Å². The van der Waals surface area contributed by atoms with Crippen LogP contribution in [0.15, 0.2) is 39.4 Å². The Labute approximate surface area is 110 Å². The number of furan rings is 1. The fourth-order valence-corrected chi connectivity index (χ4v) is 1.99. The molecule has 19 heavy (non-hydrogen) atoms. The summed E-state index contributed by atoms with van der Waals surface area (Å²) >= 11 is 0. The minimum atomic E-state index is 0.571. The second kappa shape index (κ2) is 4.35. The van der Waals surface area contributed by atoms with Gasteiger partial charge in [0.2, 0.25) is 0 Å². The number of hydrogen-bond acceptors (Lipinski definition) is 5. The molecule has 2 N–H and O–H groups in total. The predicted molar refractivity (Wildman–Crippen MR) is 74.0 cm³/mol. The van der Waals surface area contributed by atoms with Crippen molar-refractivity contribution in [3.8, 4) is 0 Å². The van der Waals surface area contributed by atoms with Gasteiger partial charge in [-0.25, -0.2) is 0 Å². The minimum Gasteiger partial charge on any atom is -0.469 e. The van der Waals surface area contributed by atoms with Gasteiger partial charge in [-0.15, -0.1) is 0 Å². The fourth-order valence-electron chi connectivity index (χ4n) is 1.99. The highest BCUT2D eigenvalue weighted by Gasteiger charge is 2.12. The Hall–Kier alpha value is -2.43. The van der Waals surface area contributed by atoms with Crippen LogP contribution in [-0.4, -0.2) is 12.0 Å². The van der Waals surface area contributed by atoms with E-state index in [0.717, 1.165) is 16.8 Å². The molecule has 0 amide bonds. The monoisotopic (exact) mass is 257 g/mol. The van der Waals surface area contributed by atoms with Crippen LogP contribution in [0, 0.1) is 6.92 Å². The van der Waals surface area contributed by atoms with E-state index in [2.05, 4.69) is 4.98 Å². The molecule has 98 valence electrons. The van der Waals surface area contributed by atoms with Crippen LogP contribution in [0.5, 0.6) is 0 Å². The predicted octanol–water partition coefficient (Wildman–Crippen LogP) is 2.95. The molecule has 0 aliphatic rings. The van der Waals surface area contributed by atoms with Crippen molar-refractivity contribution in [3.05, 3.63) is 41.9 Å². The number of aromatic nitrogens is 1. The lowest BCUT2D eigenvalue weighted by molar-refractivity contribution is 0.527. The van der Waals surface area contributed by atoms with Crippen LogP contribution in [0.3, 0.4) is 0 Å². The Bertz CT molecular complexity index is 714. The Balaban J connectivity index is 1.89. The number of nitrogens with zero attached hydrogens (tertiary/aromatic N) is 2. The number of aryl methyl sites for hydroxylation is 1. The zero-order valence-corrected chi connectivity index (χ0v) is 10.9. The summed E-state index contributed by atoms with van der Waals surface area (Å²) in [5.74, 6) is 0.909. The summed E-state index contributed by atoms with van der Waals surface area (Å²) in [5, 5.41) is 0. The lowest BCUT2D eigenvalue weighted by atomic mass is 10.2. The van der Waals surface area contributed by atoms with E-state index in [-0.39, 0.29) is 0 Å². The van der Waals surface area contributed by atoms with Gasteiger partial charge >= 0.3 is 0 Å². The van der Waals surface area contributed by atoms with Crippen LogP contribution >= 0.6 is 0 Å². The van der Waals surface area contributed by atoms with Gasteiger partial charge in [-0.2, -0.15) is 4.98 Å². The molecule has 5 nitrogen and oxygen atoms in total. The maximum Gasteiger partial charge on any atom is 0.298 e. The summed E-state index contributed by atoms with van der Waals surface area (Å²) in [4.78, 5) is 6.38. The van der Waals surface area contributed by atoms with E-state index in [0.29, 0.717) is 23.8 Å². The Kier molecular flexibility index (Phi) is 2.67. The highest BCUT2D eigenvalue weighted by Crippen LogP contribution is 2.24. The molecule has 0 atom stereocenters. The molecule has 0 spiro atoms. The quantitative estimate of drug-likeness (QED) is 0.730. The van der Waals surface area contributed by atoms with Crippen LogP contribution in [0.1, 0.15) is 11.3 Å². The van der Waals surface area contributed by atoms with E-state index in [1.54, 1.807) is 12.3 Å². The third kappa shape index (κ3) is 2.14. The summed E-state index contributed by atoms with van der Waals surface area (Å²) in [6, 6.07) is 7.97. The number of nitrogen functional groups attached to an aromatic ring is 1. The smallest absolute Gasteiger partial charge is 0.298 e. The Morgan fingerprint density at radius 3 is 2.89 bits per heavy atom. The molecule has 2 heterocycles. The highest BCUT2D eigenvalue weighted by molar-refractivity contribution is 5.78. The highest BCUT2D eigenvalue weighted by atomic mass is 16.4. The molecule has 0 fully saturated rings. The van der Waals surface area contributed by atoms with Crippen LogP contribution in [0.25, 0.3) is 11.1 Å². The van der Waals surface area contributed by atoms with Gasteiger partial charge in [0.05, 0.1) is 12.8 Å². The van der Waals surface area contributed by atoms with Gasteiger partial charge in [0.1, 0.15) is 11.3 Å². The number of nitrogens with two attached hydrogens (primary N) is 1. The van der Waals surface area contributed by atoms with Gasteiger partial charge in [0.15, 0.2) is 5.58 Å². The van der Waals surface area contributed by atoms with Crippen molar-refractivity contribution in [2.24, 2.45) is 0 Å². The second-order valence-corrected chi connectivity index (χ2v) is 4.58. The minimum absolute atomic E-state index is 0.571. The largest absolute Gasteiger partial charge is 0.469 e. The van der Waals surface area contributed by atoms with Crippen molar-refractivity contribution in [1.82, 2.24) is 4.98 Å². The molecule has 1 aromatic carbocycles. The van der Waals surface area contributed by atoms with E-state index in [4.69, 9.17) is 14.6 Å². The van der Waals surface area contributed by atoms with E-state index >= 15 is 0 Å². The molecule has 0 radical (unpaired) electrons. The first kappa shape index (κ1) is 11.6. The molecule has 0 saturated heterocycles. The zero-order chi connectivity index (χ0) is 13.4. The van der Waals surface area contributed by atoms with Gasteiger partial charge in [-0.05, 0) is 25.1 Å². The molecule has 5 heteroatoms. The number of anilines is 2. The number of benzene rings is 1. The van der Waals surface area contributed by atoms with Crippen molar-refractivity contribution in [2.45, 2.75) is 13.5 Å². The van der Waals surface area contributed by atoms with Gasteiger partial charge in [-0.1, -0.05) is 0 Å². The normalized spacial score (nSPS) is 11.1. The third-order valence-electron chi connectivity index (χ3n) is 3.10. The molecule has 3 rings (SSSR count). The van der Waals surface area contributed by atoms with Crippen LogP contribution < -0.4 is 10.6 Å².